The Labute approximate surface area is 144 Å². The smallest absolute Gasteiger partial charge is 0.407 e. The number of pyridine rings is 1. The van der Waals surface area contributed by atoms with Gasteiger partial charge < -0.3 is 10.1 Å². The number of rotatable bonds is 4. The third kappa shape index (κ3) is 6.19. The average Bonchev–Trinajstić information content (AvgIpc) is 2.55. The van der Waals surface area contributed by atoms with Crippen molar-refractivity contribution in [3.05, 3.63) is 63.9 Å². The number of halogens is 2. The van der Waals surface area contributed by atoms with E-state index in [0.29, 0.717) is 23.7 Å². The SMILES string of the molecule is O=C(NCCC#Cc1ccc(Cl)nc1Cl)OCc1ccccc1. The quantitative estimate of drug-likeness (QED) is 0.515. The van der Waals surface area contributed by atoms with Crippen LogP contribution in [0, 0.1) is 11.8 Å². The van der Waals surface area contributed by atoms with Crippen molar-refractivity contribution >= 4 is 29.3 Å². The van der Waals surface area contributed by atoms with Crippen molar-refractivity contribution in [1.29, 1.82) is 0 Å². The molecule has 23 heavy (non-hydrogen) atoms. The van der Waals surface area contributed by atoms with Crippen LogP contribution < -0.4 is 5.32 Å². The number of nitrogens with zero attached hydrogens (tertiary/aromatic N) is 1. The number of amides is 1. The van der Waals surface area contributed by atoms with Crippen molar-refractivity contribution in [2.45, 2.75) is 13.0 Å². The van der Waals surface area contributed by atoms with Gasteiger partial charge in [0.2, 0.25) is 0 Å². The number of ether oxygens (including phenoxy) is 1. The number of alkyl carbamates (subject to hydrolysis) is 1. The molecule has 2 rings (SSSR count). The van der Waals surface area contributed by atoms with Crippen molar-refractivity contribution in [1.82, 2.24) is 10.3 Å². The van der Waals surface area contributed by atoms with Crippen LogP contribution in [0.3, 0.4) is 0 Å². The lowest BCUT2D eigenvalue weighted by Gasteiger charge is -2.05. The highest BCUT2D eigenvalue weighted by Crippen LogP contribution is 2.15. The molecule has 0 unspecified atom stereocenters. The molecule has 4 nitrogen and oxygen atoms in total. The van der Waals surface area contributed by atoms with Gasteiger partial charge in [-0.05, 0) is 17.7 Å². The zero-order valence-corrected chi connectivity index (χ0v) is 13.7. The molecule has 0 atom stereocenters. The second-order valence-electron chi connectivity index (χ2n) is 4.51. The highest BCUT2D eigenvalue weighted by atomic mass is 35.5. The standard InChI is InChI=1S/C17H14Cl2N2O2/c18-15-10-9-14(16(19)21-15)8-4-5-11-20-17(22)23-12-13-6-2-1-3-7-13/h1-3,6-7,9-10H,5,11-12H2,(H,20,22). The summed E-state index contributed by atoms with van der Waals surface area (Å²) < 4.78 is 5.08. The van der Waals surface area contributed by atoms with E-state index in [9.17, 15) is 4.79 Å². The Morgan fingerprint density at radius 2 is 1.96 bits per heavy atom. The number of hydrogen-bond donors (Lipinski definition) is 1. The van der Waals surface area contributed by atoms with Crippen LogP contribution in [0.2, 0.25) is 10.3 Å². The van der Waals surface area contributed by atoms with Crippen LogP contribution in [0.15, 0.2) is 42.5 Å². The normalized spacial score (nSPS) is 9.65. The van der Waals surface area contributed by atoms with Gasteiger partial charge in [0.05, 0.1) is 5.56 Å². The minimum absolute atomic E-state index is 0.240. The zero-order chi connectivity index (χ0) is 16.5. The van der Waals surface area contributed by atoms with E-state index < -0.39 is 6.09 Å². The van der Waals surface area contributed by atoms with Crippen LogP contribution >= 0.6 is 23.2 Å². The van der Waals surface area contributed by atoms with Crippen LogP contribution in [0.5, 0.6) is 0 Å². The molecule has 0 radical (unpaired) electrons. The molecular formula is C17H14Cl2N2O2. The predicted octanol–water partition coefficient (Wildman–Crippen LogP) is 4.06. The van der Waals surface area contributed by atoms with E-state index in [0.717, 1.165) is 5.56 Å². The summed E-state index contributed by atoms with van der Waals surface area (Å²) in [5.41, 5.74) is 1.54. The lowest BCUT2D eigenvalue weighted by molar-refractivity contribution is 0.140. The zero-order valence-electron chi connectivity index (χ0n) is 12.2. The topological polar surface area (TPSA) is 51.2 Å². The molecule has 118 valence electrons. The van der Waals surface area contributed by atoms with E-state index in [1.165, 1.54) is 0 Å². The number of aromatic nitrogens is 1. The summed E-state index contributed by atoms with van der Waals surface area (Å²) in [4.78, 5) is 15.4. The predicted molar refractivity (Wildman–Crippen MR) is 90.4 cm³/mol. The van der Waals surface area contributed by atoms with Gasteiger partial charge in [0.1, 0.15) is 16.9 Å². The molecule has 2 aromatic rings. The van der Waals surface area contributed by atoms with Crippen LogP contribution in [0.4, 0.5) is 4.79 Å². The fraction of sp³-hybridized carbons (Fsp3) is 0.176. The number of carbonyl (C=O) groups excluding carboxylic acids is 1. The minimum atomic E-state index is -0.471. The number of carbonyl (C=O) groups is 1. The largest absolute Gasteiger partial charge is 0.445 e. The van der Waals surface area contributed by atoms with Crippen molar-refractivity contribution < 1.29 is 9.53 Å². The van der Waals surface area contributed by atoms with Gasteiger partial charge in [-0.3, -0.25) is 0 Å². The molecule has 1 heterocycles. The molecule has 6 heteroatoms. The monoisotopic (exact) mass is 348 g/mol. The first-order chi connectivity index (χ1) is 11.1. The van der Waals surface area contributed by atoms with Crippen molar-refractivity contribution in [3.8, 4) is 11.8 Å². The van der Waals surface area contributed by atoms with Gasteiger partial charge in [-0.25, -0.2) is 9.78 Å². The second kappa shape index (κ2) is 9.04. The van der Waals surface area contributed by atoms with Gasteiger partial charge >= 0.3 is 6.09 Å². The first kappa shape index (κ1) is 17.1. The molecule has 0 saturated carbocycles. The van der Waals surface area contributed by atoms with Crippen LogP contribution in [0.1, 0.15) is 17.5 Å². The molecule has 0 aliphatic rings. The lowest BCUT2D eigenvalue weighted by Crippen LogP contribution is -2.24. The molecule has 0 saturated heterocycles. The molecule has 0 bridgehead atoms. The molecule has 1 aromatic heterocycles. The maximum Gasteiger partial charge on any atom is 0.407 e. The maximum absolute atomic E-state index is 11.5. The highest BCUT2D eigenvalue weighted by Gasteiger charge is 2.01. The van der Waals surface area contributed by atoms with Crippen molar-refractivity contribution in [2.24, 2.45) is 0 Å². The summed E-state index contributed by atoms with van der Waals surface area (Å²) in [6.45, 7) is 0.629. The average molecular weight is 349 g/mol. The first-order valence-corrected chi connectivity index (χ1v) is 7.66. The van der Waals surface area contributed by atoms with Gasteiger partial charge in [0.15, 0.2) is 0 Å². The van der Waals surface area contributed by atoms with E-state index >= 15 is 0 Å². The van der Waals surface area contributed by atoms with E-state index in [4.69, 9.17) is 27.9 Å². The summed E-state index contributed by atoms with van der Waals surface area (Å²) in [7, 11) is 0. The second-order valence-corrected chi connectivity index (χ2v) is 5.26. The Balaban J connectivity index is 1.69. The summed E-state index contributed by atoms with van der Waals surface area (Å²) in [6.07, 6.45) is 0.00111. The van der Waals surface area contributed by atoms with E-state index in [1.807, 2.05) is 30.3 Å². The summed E-state index contributed by atoms with van der Waals surface area (Å²) >= 11 is 11.6. The first-order valence-electron chi connectivity index (χ1n) is 6.90. The molecule has 0 aliphatic heterocycles. The Morgan fingerprint density at radius 3 is 2.70 bits per heavy atom. The molecular weight excluding hydrogens is 335 g/mol. The fourth-order valence-electron chi connectivity index (χ4n) is 1.66. The van der Waals surface area contributed by atoms with Crippen LogP contribution in [-0.2, 0) is 11.3 Å². The number of hydrogen-bond acceptors (Lipinski definition) is 3. The third-order valence-corrected chi connectivity index (χ3v) is 3.27. The van der Waals surface area contributed by atoms with Crippen molar-refractivity contribution in [3.63, 3.8) is 0 Å². The number of nitrogens with one attached hydrogen (secondary N) is 1. The van der Waals surface area contributed by atoms with Gasteiger partial charge in [0, 0.05) is 13.0 Å². The Bertz CT molecular complexity index is 724. The lowest BCUT2D eigenvalue weighted by atomic mass is 10.2. The summed E-state index contributed by atoms with van der Waals surface area (Å²) in [6, 6.07) is 12.8. The maximum atomic E-state index is 11.5. The van der Waals surface area contributed by atoms with E-state index in [-0.39, 0.29) is 11.8 Å². The minimum Gasteiger partial charge on any atom is -0.445 e. The van der Waals surface area contributed by atoms with Gasteiger partial charge in [-0.1, -0.05) is 65.4 Å². The molecule has 1 aromatic carbocycles. The Morgan fingerprint density at radius 1 is 1.17 bits per heavy atom. The van der Waals surface area contributed by atoms with Crippen LogP contribution in [0.25, 0.3) is 0 Å². The van der Waals surface area contributed by atoms with E-state index in [2.05, 4.69) is 22.1 Å². The Kier molecular flexibility index (Phi) is 6.74. The highest BCUT2D eigenvalue weighted by molar-refractivity contribution is 6.33. The molecule has 0 spiro atoms. The van der Waals surface area contributed by atoms with Gasteiger partial charge in [-0.2, -0.15) is 0 Å². The molecule has 0 aliphatic carbocycles. The molecule has 0 fully saturated rings. The summed E-state index contributed by atoms with van der Waals surface area (Å²) in [5, 5.41) is 3.22. The van der Waals surface area contributed by atoms with Gasteiger partial charge in [0.25, 0.3) is 0 Å². The third-order valence-electron chi connectivity index (χ3n) is 2.77. The van der Waals surface area contributed by atoms with Crippen LogP contribution in [-0.4, -0.2) is 17.6 Å². The molecule has 1 amide bonds. The fourth-order valence-corrected chi connectivity index (χ4v) is 2.06. The molecule has 1 N–H and O–H groups in total. The van der Waals surface area contributed by atoms with E-state index in [1.54, 1.807) is 12.1 Å². The number of benzene rings is 1. The summed E-state index contributed by atoms with van der Waals surface area (Å²) in [5.74, 6) is 5.78. The Hall–Kier alpha value is -2.22. The van der Waals surface area contributed by atoms with Gasteiger partial charge in [-0.15, -0.1) is 0 Å². The van der Waals surface area contributed by atoms with Crippen molar-refractivity contribution in [2.75, 3.05) is 6.54 Å².